The highest BCUT2D eigenvalue weighted by atomic mass is 79.9. The van der Waals surface area contributed by atoms with Crippen LogP contribution >= 0.6 is 27.5 Å². The smallest absolute Gasteiger partial charge is 0.0584 e. The highest BCUT2D eigenvalue weighted by Crippen LogP contribution is 2.21. The van der Waals surface area contributed by atoms with Gasteiger partial charge in [0.15, 0.2) is 0 Å². The predicted octanol–water partition coefficient (Wildman–Crippen LogP) is 2.96. The van der Waals surface area contributed by atoms with E-state index in [4.69, 9.17) is 16.7 Å². The van der Waals surface area contributed by atoms with Crippen LogP contribution in [0.25, 0.3) is 0 Å². The van der Waals surface area contributed by atoms with Gasteiger partial charge in [-0.3, -0.25) is 0 Å². The van der Waals surface area contributed by atoms with Crippen LogP contribution in [0.4, 0.5) is 0 Å². The first-order valence-electron chi connectivity index (χ1n) is 4.95. The van der Waals surface area contributed by atoms with Crippen LogP contribution in [0, 0.1) is 0 Å². The van der Waals surface area contributed by atoms with Crippen LogP contribution in [0.1, 0.15) is 18.9 Å². The molecule has 2 nitrogen and oxygen atoms in total. The molecule has 15 heavy (non-hydrogen) atoms. The van der Waals surface area contributed by atoms with Crippen molar-refractivity contribution in [2.24, 2.45) is 0 Å². The van der Waals surface area contributed by atoms with E-state index in [0.717, 1.165) is 21.5 Å². The van der Waals surface area contributed by atoms with E-state index in [1.807, 2.05) is 25.1 Å². The van der Waals surface area contributed by atoms with Gasteiger partial charge in [-0.25, -0.2) is 0 Å². The number of benzene rings is 1. The maximum Gasteiger partial charge on any atom is 0.0584 e. The van der Waals surface area contributed by atoms with Crippen molar-refractivity contribution < 1.29 is 5.11 Å². The Kier molecular flexibility index (Phi) is 5.61. The summed E-state index contributed by atoms with van der Waals surface area (Å²) in [5, 5.41) is 13.0. The Morgan fingerprint density at radius 1 is 1.53 bits per heavy atom. The molecule has 0 aromatic heterocycles. The van der Waals surface area contributed by atoms with Gasteiger partial charge in [0.1, 0.15) is 0 Å². The topological polar surface area (TPSA) is 32.3 Å². The molecule has 1 rings (SSSR count). The van der Waals surface area contributed by atoms with Crippen molar-refractivity contribution >= 4 is 27.5 Å². The number of hydrogen-bond donors (Lipinski definition) is 2. The number of rotatable bonds is 5. The average molecular weight is 293 g/mol. The first kappa shape index (κ1) is 13.0. The fraction of sp³-hybridized carbons (Fsp3) is 0.455. The molecule has 0 unspecified atom stereocenters. The van der Waals surface area contributed by atoms with Crippen molar-refractivity contribution in [2.75, 3.05) is 6.61 Å². The molecule has 0 amide bonds. The predicted molar refractivity (Wildman–Crippen MR) is 67.2 cm³/mol. The third-order valence-corrected chi connectivity index (χ3v) is 3.15. The van der Waals surface area contributed by atoms with Crippen LogP contribution in [0.5, 0.6) is 0 Å². The molecule has 0 saturated carbocycles. The van der Waals surface area contributed by atoms with Gasteiger partial charge >= 0.3 is 0 Å². The Morgan fingerprint density at radius 2 is 2.27 bits per heavy atom. The zero-order valence-corrected chi connectivity index (χ0v) is 11.0. The second-order valence-electron chi connectivity index (χ2n) is 3.40. The van der Waals surface area contributed by atoms with Crippen LogP contribution in [-0.4, -0.2) is 17.8 Å². The molecular weight excluding hydrogens is 277 g/mol. The maximum atomic E-state index is 9.01. The van der Waals surface area contributed by atoms with Gasteiger partial charge in [0.2, 0.25) is 0 Å². The summed E-state index contributed by atoms with van der Waals surface area (Å²) < 4.78 is 0.977. The summed E-state index contributed by atoms with van der Waals surface area (Å²) in [5.74, 6) is 0. The minimum atomic E-state index is 0.143. The van der Waals surface area contributed by atoms with Crippen LogP contribution in [0.3, 0.4) is 0 Å². The molecular formula is C11H15BrClNO. The van der Waals surface area contributed by atoms with Crippen molar-refractivity contribution in [1.82, 2.24) is 5.32 Å². The molecule has 0 saturated heterocycles. The van der Waals surface area contributed by atoms with E-state index in [2.05, 4.69) is 21.2 Å². The summed E-state index contributed by atoms with van der Waals surface area (Å²) in [6.07, 6.45) is 0.907. The summed E-state index contributed by atoms with van der Waals surface area (Å²) in [4.78, 5) is 0. The van der Waals surface area contributed by atoms with Gasteiger partial charge in [-0.15, -0.1) is 0 Å². The molecule has 2 N–H and O–H groups in total. The number of aliphatic hydroxyl groups is 1. The largest absolute Gasteiger partial charge is 0.395 e. The minimum Gasteiger partial charge on any atom is -0.395 e. The minimum absolute atomic E-state index is 0.143. The molecule has 84 valence electrons. The van der Waals surface area contributed by atoms with Crippen LogP contribution < -0.4 is 5.32 Å². The molecule has 0 bridgehead atoms. The van der Waals surface area contributed by atoms with Gasteiger partial charge < -0.3 is 10.4 Å². The highest BCUT2D eigenvalue weighted by Gasteiger charge is 2.05. The fourth-order valence-electron chi connectivity index (χ4n) is 1.26. The summed E-state index contributed by atoms with van der Waals surface area (Å²) in [7, 11) is 0. The van der Waals surface area contributed by atoms with E-state index in [1.165, 1.54) is 0 Å². The SMILES string of the molecule is CC[C@@H](CO)NCc1ccc(Br)cc1Cl. The van der Waals surface area contributed by atoms with Crippen LogP contribution in [-0.2, 0) is 6.54 Å². The van der Waals surface area contributed by atoms with Crippen molar-refractivity contribution in [1.29, 1.82) is 0 Å². The molecule has 0 fully saturated rings. The second kappa shape index (κ2) is 6.48. The molecule has 0 heterocycles. The zero-order valence-electron chi connectivity index (χ0n) is 8.63. The molecule has 1 aromatic rings. The number of nitrogens with one attached hydrogen (secondary N) is 1. The Bertz CT molecular complexity index is 315. The number of halogens is 2. The Labute approximate surface area is 104 Å². The monoisotopic (exact) mass is 291 g/mol. The van der Waals surface area contributed by atoms with Gasteiger partial charge in [0.25, 0.3) is 0 Å². The van der Waals surface area contributed by atoms with E-state index < -0.39 is 0 Å². The van der Waals surface area contributed by atoms with Crippen LogP contribution in [0.2, 0.25) is 5.02 Å². The molecule has 0 aliphatic rings. The van der Waals surface area contributed by atoms with Crippen molar-refractivity contribution in [3.63, 3.8) is 0 Å². The quantitative estimate of drug-likeness (QED) is 0.874. The molecule has 1 atom stereocenters. The highest BCUT2D eigenvalue weighted by molar-refractivity contribution is 9.10. The van der Waals surface area contributed by atoms with E-state index in [-0.39, 0.29) is 12.6 Å². The van der Waals surface area contributed by atoms with E-state index in [1.54, 1.807) is 0 Å². The van der Waals surface area contributed by atoms with Gasteiger partial charge in [0, 0.05) is 22.1 Å². The number of hydrogen-bond acceptors (Lipinski definition) is 2. The maximum absolute atomic E-state index is 9.01. The first-order chi connectivity index (χ1) is 7.17. The molecule has 4 heteroatoms. The summed E-state index contributed by atoms with van der Waals surface area (Å²) >= 11 is 9.43. The summed E-state index contributed by atoms with van der Waals surface area (Å²) in [6, 6.07) is 5.95. The molecule has 0 aliphatic carbocycles. The molecule has 0 spiro atoms. The lowest BCUT2D eigenvalue weighted by molar-refractivity contribution is 0.238. The molecule has 0 radical (unpaired) electrons. The second-order valence-corrected chi connectivity index (χ2v) is 4.73. The number of aliphatic hydroxyl groups excluding tert-OH is 1. The third-order valence-electron chi connectivity index (χ3n) is 2.31. The molecule has 0 aliphatic heterocycles. The van der Waals surface area contributed by atoms with Gasteiger partial charge in [0.05, 0.1) is 6.61 Å². The van der Waals surface area contributed by atoms with E-state index in [9.17, 15) is 0 Å². The fourth-order valence-corrected chi connectivity index (χ4v) is 2.00. The lowest BCUT2D eigenvalue weighted by atomic mass is 10.2. The molecule has 1 aromatic carbocycles. The lowest BCUT2D eigenvalue weighted by Gasteiger charge is -2.14. The van der Waals surface area contributed by atoms with Crippen molar-refractivity contribution in [3.8, 4) is 0 Å². The normalized spacial score (nSPS) is 12.8. The first-order valence-corrected chi connectivity index (χ1v) is 6.12. The zero-order chi connectivity index (χ0) is 11.3. The van der Waals surface area contributed by atoms with Crippen molar-refractivity contribution in [3.05, 3.63) is 33.3 Å². The van der Waals surface area contributed by atoms with Gasteiger partial charge in [-0.1, -0.05) is 40.5 Å². The summed E-state index contributed by atoms with van der Waals surface area (Å²) in [6.45, 7) is 2.88. The summed E-state index contributed by atoms with van der Waals surface area (Å²) in [5.41, 5.74) is 1.05. The van der Waals surface area contributed by atoms with E-state index in [0.29, 0.717) is 6.54 Å². The third kappa shape index (κ3) is 4.11. The van der Waals surface area contributed by atoms with Gasteiger partial charge in [-0.05, 0) is 24.1 Å². The Hall–Kier alpha value is -0.0900. The van der Waals surface area contributed by atoms with Gasteiger partial charge in [-0.2, -0.15) is 0 Å². The van der Waals surface area contributed by atoms with Crippen LogP contribution in [0.15, 0.2) is 22.7 Å². The Morgan fingerprint density at radius 3 is 2.80 bits per heavy atom. The Balaban J connectivity index is 2.57. The lowest BCUT2D eigenvalue weighted by Crippen LogP contribution is -2.31. The van der Waals surface area contributed by atoms with E-state index >= 15 is 0 Å². The van der Waals surface area contributed by atoms with Crippen molar-refractivity contribution in [2.45, 2.75) is 25.9 Å². The standard InChI is InChI=1S/C11H15BrClNO/c1-2-10(7-15)14-6-8-3-4-9(12)5-11(8)13/h3-5,10,14-15H,2,6-7H2,1H3/t10-/m0/s1. The average Bonchev–Trinajstić information content (AvgIpc) is 2.22.